The van der Waals surface area contributed by atoms with E-state index in [9.17, 15) is 4.79 Å². The lowest BCUT2D eigenvalue weighted by atomic mass is 10.1. The van der Waals surface area contributed by atoms with Crippen molar-refractivity contribution in [2.24, 2.45) is 7.05 Å². The van der Waals surface area contributed by atoms with E-state index in [1.807, 2.05) is 66.3 Å². The summed E-state index contributed by atoms with van der Waals surface area (Å²) >= 11 is 3.42. The summed E-state index contributed by atoms with van der Waals surface area (Å²) < 4.78 is 2.68. The summed E-state index contributed by atoms with van der Waals surface area (Å²) in [5, 5.41) is 3.08. The van der Waals surface area contributed by atoms with Gasteiger partial charge in [0, 0.05) is 23.9 Å². The van der Waals surface area contributed by atoms with Crippen molar-refractivity contribution in [3.05, 3.63) is 88.4 Å². The van der Waals surface area contributed by atoms with E-state index >= 15 is 0 Å². The highest BCUT2D eigenvalue weighted by Gasteiger charge is 2.21. The van der Waals surface area contributed by atoms with E-state index in [0.29, 0.717) is 5.56 Å². The molecule has 0 spiro atoms. The van der Waals surface area contributed by atoms with Gasteiger partial charge < -0.3 is 9.88 Å². The number of imidazole rings is 1. The third-order valence-corrected chi connectivity index (χ3v) is 4.33. The van der Waals surface area contributed by atoms with Gasteiger partial charge in [0.2, 0.25) is 0 Å². The van der Waals surface area contributed by atoms with Crippen LogP contribution in [-0.4, -0.2) is 15.5 Å². The molecule has 3 rings (SSSR count). The monoisotopic (exact) mass is 369 g/mol. The standard InChI is InChI=1S/C18H16BrN3O/c1-22-12-11-20-17(22)16(13-7-3-2-4-8-13)21-18(23)14-9-5-6-10-15(14)19/h2-12,16H,1H3,(H,21,23). The van der Waals surface area contributed by atoms with Crippen molar-refractivity contribution in [3.8, 4) is 0 Å². The quantitative estimate of drug-likeness (QED) is 0.761. The fourth-order valence-electron chi connectivity index (χ4n) is 2.45. The van der Waals surface area contributed by atoms with Crippen molar-refractivity contribution in [1.82, 2.24) is 14.9 Å². The first-order valence-electron chi connectivity index (χ1n) is 7.24. The number of amides is 1. The number of carbonyl (C=O) groups excluding carboxylic acids is 1. The van der Waals surface area contributed by atoms with Crippen LogP contribution in [0, 0.1) is 0 Å². The summed E-state index contributed by atoms with van der Waals surface area (Å²) in [7, 11) is 1.92. The Morgan fingerprint density at radius 1 is 1.13 bits per heavy atom. The molecule has 0 aliphatic heterocycles. The molecule has 1 amide bonds. The minimum absolute atomic E-state index is 0.144. The van der Waals surface area contributed by atoms with Gasteiger partial charge in [-0.05, 0) is 33.6 Å². The lowest BCUT2D eigenvalue weighted by Crippen LogP contribution is -2.31. The number of benzene rings is 2. The fraction of sp³-hybridized carbons (Fsp3) is 0.111. The van der Waals surface area contributed by atoms with Gasteiger partial charge in [-0.1, -0.05) is 42.5 Å². The zero-order valence-electron chi connectivity index (χ0n) is 12.6. The predicted octanol–water partition coefficient (Wildman–Crippen LogP) is 3.70. The first-order valence-corrected chi connectivity index (χ1v) is 8.03. The number of hydrogen-bond acceptors (Lipinski definition) is 2. The van der Waals surface area contributed by atoms with Crippen molar-refractivity contribution in [2.75, 3.05) is 0 Å². The molecule has 5 heteroatoms. The molecule has 23 heavy (non-hydrogen) atoms. The summed E-state index contributed by atoms with van der Waals surface area (Å²) in [6.45, 7) is 0. The Morgan fingerprint density at radius 2 is 1.83 bits per heavy atom. The molecule has 0 fully saturated rings. The van der Waals surface area contributed by atoms with Gasteiger partial charge in [0.1, 0.15) is 11.9 Å². The van der Waals surface area contributed by atoms with Gasteiger partial charge in [0.15, 0.2) is 0 Å². The van der Waals surface area contributed by atoms with Crippen molar-refractivity contribution in [2.45, 2.75) is 6.04 Å². The van der Waals surface area contributed by atoms with Gasteiger partial charge >= 0.3 is 0 Å². The van der Waals surface area contributed by atoms with Crippen LogP contribution < -0.4 is 5.32 Å². The Balaban J connectivity index is 1.96. The molecule has 0 radical (unpaired) electrons. The normalized spacial score (nSPS) is 11.9. The highest BCUT2D eigenvalue weighted by Crippen LogP contribution is 2.22. The van der Waals surface area contributed by atoms with Crippen molar-refractivity contribution in [3.63, 3.8) is 0 Å². The first kappa shape index (κ1) is 15.5. The lowest BCUT2D eigenvalue weighted by Gasteiger charge is -2.19. The number of rotatable bonds is 4. The largest absolute Gasteiger partial charge is 0.338 e. The molecule has 1 atom stereocenters. The van der Waals surface area contributed by atoms with E-state index in [0.717, 1.165) is 15.9 Å². The highest BCUT2D eigenvalue weighted by atomic mass is 79.9. The maximum atomic E-state index is 12.7. The number of aromatic nitrogens is 2. The van der Waals surface area contributed by atoms with Crippen molar-refractivity contribution >= 4 is 21.8 Å². The molecule has 1 unspecified atom stereocenters. The Hall–Kier alpha value is -2.40. The number of halogens is 1. The van der Waals surface area contributed by atoms with Gasteiger partial charge in [-0.25, -0.2) is 4.98 Å². The average molecular weight is 370 g/mol. The molecule has 0 aliphatic rings. The molecule has 0 bridgehead atoms. The van der Waals surface area contributed by atoms with Crippen LogP contribution in [0.3, 0.4) is 0 Å². The summed E-state index contributed by atoms with van der Waals surface area (Å²) in [6.07, 6.45) is 3.60. The van der Waals surface area contributed by atoms with Crippen molar-refractivity contribution in [1.29, 1.82) is 0 Å². The minimum Gasteiger partial charge on any atom is -0.338 e. The van der Waals surface area contributed by atoms with Gasteiger partial charge in [0.05, 0.1) is 5.56 Å². The SMILES string of the molecule is Cn1ccnc1C(NC(=O)c1ccccc1Br)c1ccccc1. The van der Waals surface area contributed by atoms with E-state index in [4.69, 9.17) is 0 Å². The third kappa shape index (κ3) is 3.35. The zero-order chi connectivity index (χ0) is 16.2. The van der Waals surface area contributed by atoms with Gasteiger partial charge in [0.25, 0.3) is 5.91 Å². The third-order valence-electron chi connectivity index (χ3n) is 3.64. The molecule has 0 aliphatic carbocycles. The molecular formula is C18H16BrN3O. The second kappa shape index (κ2) is 6.79. The van der Waals surface area contributed by atoms with E-state index < -0.39 is 0 Å². The van der Waals surface area contributed by atoms with Crippen LogP contribution in [0.2, 0.25) is 0 Å². The molecule has 0 saturated heterocycles. The number of hydrogen-bond donors (Lipinski definition) is 1. The van der Waals surface area contributed by atoms with Crippen LogP contribution in [0.25, 0.3) is 0 Å². The number of nitrogens with one attached hydrogen (secondary N) is 1. The summed E-state index contributed by atoms with van der Waals surface area (Å²) in [5.74, 6) is 0.644. The Labute approximate surface area is 143 Å². The Kier molecular flexibility index (Phi) is 4.57. The lowest BCUT2D eigenvalue weighted by molar-refractivity contribution is 0.0940. The topological polar surface area (TPSA) is 46.9 Å². The van der Waals surface area contributed by atoms with Crippen LogP contribution in [0.1, 0.15) is 27.8 Å². The van der Waals surface area contributed by atoms with Crippen LogP contribution in [0.4, 0.5) is 0 Å². The second-order valence-electron chi connectivity index (χ2n) is 5.19. The van der Waals surface area contributed by atoms with E-state index in [1.165, 1.54) is 0 Å². The number of carbonyl (C=O) groups is 1. The smallest absolute Gasteiger partial charge is 0.253 e. The van der Waals surface area contributed by atoms with E-state index in [2.05, 4.69) is 26.2 Å². The number of nitrogens with zero attached hydrogens (tertiary/aromatic N) is 2. The highest BCUT2D eigenvalue weighted by molar-refractivity contribution is 9.10. The molecule has 3 aromatic rings. The van der Waals surface area contributed by atoms with Crippen LogP contribution in [0.5, 0.6) is 0 Å². The molecule has 2 aromatic carbocycles. The maximum Gasteiger partial charge on any atom is 0.253 e. The van der Waals surface area contributed by atoms with Crippen LogP contribution in [-0.2, 0) is 7.05 Å². The molecule has 1 heterocycles. The van der Waals surface area contributed by atoms with Gasteiger partial charge in [-0.3, -0.25) is 4.79 Å². The molecule has 116 valence electrons. The summed E-state index contributed by atoms with van der Waals surface area (Å²) in [6, 6.07) is 16.9. The van der Waals surface area contributed by atoms with Crippen molar-refractivity contribution < 1.29 is 4.79 Å². The first-order chi connectivity index (χ1) is 11.2. The fourth-order valence-corrected chi connectivity index (χ4v) is 2.92. The van der Waals surface area contributed by atoms with Gasteiger partial charge in [-0.2, -0.15) is 0 Å². The summed E-state index contributed by atoms with van der Waals surface area (Å²) in [4.78, 5) is 17.1. The number of aryl methyl sites for hydroxylation is 1. The molecule has 4 nitrogen and oxygen atoms in total. The van der Waals surface area contributed by atoms with Gasteiger partial charge in [-0.15, -0.1) is 0 Å². The molecular weight excluding hydrogens is 354 g/mol. The van der Waals surface area contributed by atoms with Crippen LogP contribution >= 0.6 is 15.9 Å². The van der Waals surface area contributed by atoms with E-state index in [-0.39, 0.29) is 11.9 Å². The van der Waals surface area contributed by atoms with E-state index in [1.54, 1.807) is 12.3 Å². The maximum absolute atomic E-state index is 12.7. The Bertz CT molecular complexity index is 814. The average Bonchev–Trinajstić information content (AvgIpc) is 2.99. The molecule has 0 saturated carbocycles. The Morgan fingerprint density at radius 3 is 2.48 bits per heavy atom. The van der Waals surface area contributed by atoms with Crippen LogP contribution in [0.15, 0.2) is 71.5 Å². The predicted molar refractivity (Wildman–Crippen MR) is 93.1 cm³/mol. The summed E-state index contributed by atoms with van der Waals surface area (Å²) in [5.41, 5.74) is 1.59. The molecule has 1 aromatic heterocycles. The zero-order valence-corrected chi connectivity index (χ0v) is 14.2. The second-order valence-corrected chi connectivity index (χ2v) is 6.05. The molecule has 1 N–H and O–H groups in total. The minimum atomic E-state index is -0.309.